The molecule has 0 bridgehead atoms. The summed E-state index contributed by atoms with van der Waals surface area (Å²) in [5.41, 5.74) is 2.78. The summed E-state index contributed by atoms with van der Waals surface area (Å²) >= 11 is 0. The van der Waals surface area contributed by atoms with Crippen molar-refractivity contribution in [1.29, 1.82) is 5.26 Å². The highest BCUT2D eigenvalue weighted by atomic mass is 16.1. The number of aromatic nitrogens is 3. The van der Waals surface area contributed by atoms with E-state index >= 15 is 0 Å². The van der Waals surface area contributed by atoms with E-state index in [1.807, 2.05) is 54.2 Å². The van der Waals surface area contributed by atoms with E-state index in [1.54, 1.807) is 20.0 Å². The van der Waals surface area contributed by atoms with Crippen LogP contribution in [0, 0.1) is 25.2 Å². The summed E-state index contributed by atoms with van der Waals surface area (Å²) in [5, 5.41) is 12.3. The number of imidazole rings is 1. The molecule has 1 aromatic carbocycles. The Morgan fingerprint density at radius 2 is 2.03 bits per heavy atom. The van der Waals surface area contributed by atoms with Crippen molar-refractivity contribution in [3.8, 4) is 6.07 Å². The molecule has 0 unspecified atom stereocenters. The van der Waals surface area contributed by atoms with E-state index in [-0.39, 0.29) is 23.9 Å². The molecule has 3 rings (SSSR count). The highest BCUT2D eigenvalue weighted by molar-refractivity contribution is 5.77. The van der Waals surface area contributed by atoms with E-state index in [0.717, 1.165) is 17.0 Å². The molecule has 0 saturated heterocycles. The summed E-state index contributed by atoms with van der Waals surface area (Å²) in [6, 6.07) is 11.3. The average molecular weight is 389 g/mol. The Kier molecular flexibility index (Phi) is 5.93. The molecule has 0 aliphatic rings. The lowest BCUT2D eigenvalue weighted by molar-refractivity contribution is -0.121. The standard InChI is InChI=1S/C22H23N5O2/c1-14-17(15(2)25-22(29)18(14)13-23)9-10-19(28)26-20(16-7-5-4-6-8-16)21-24-11-12-27(21)3/h4-8,11-12,20H,9-10H2,1-3H3,(H,25,29)(H,26,28)/t20-/m1/s1. The van der Waals surface area contributed by atoms with Crippen LogP contribution in [-0.4, -0.2) is 20.4 Å². The highest BCUT2D eigenvalue weighted by Gasteiger charge is 2.21. The van der Waals surface area contributed by atoms with Gasteiger partial charge in [-0.15, -0.1) is 0 Å². The molecular weight excluding hydrogens is 366 g/mol. The quantitative estimate of drug-likeness (QED) is 0.676. The van der Waals surface area contributed by atoms with Crippen LogP contribution in [0.15, 0.2) is 47.5 Å². The number of carbonyl (C=O) groups is 1. The molecule has 148 valence electrons. The average Bonchev–Trinajstić information content (AvgIpc) is 3.12. The van der Waals surface area contributed by atoms with Crippen LogP contribution < -0.4 is 10.9 Å². The van der Waals surface area contributed by atoms with Crippen molar-refractivity contribution in [1.82, 2.24) is 19.9 Å². The summed E-state index contributed by atoms with van der Waals surface area (Å²) < 4.78 is 1.88. The van der Waals surface area contributed by atoms with E-state index in [4.69, 9.17) is 0 Å². The zero-order valence-electron chi connectivity index (χ0n) is 16.7. The van der Waals surface area contributed by atoms with E-state index in [0.29, 0.717) is 17.7 Å². The Balaban J connectivity index is 1.80. The molecule has 1 amide bonds. The van der Waals surface area contributed by atoms with Crippen molar-refractivity contribution in [2.45, 2.75) is 32.7 Å². The van der Waals surface area contributed by atoms with Crippen LogP contribution in [0.2, 0.25) is 0 Å². The number of nitrogens with zero attached hydrogens (tertiary/aromatic N) is 3. The third kappa shape index (κ3) is 4.27. The maximum atomic E-state index is 12.8. The minimum Gasteiger partial charge on any atom is -0.342 e. The number of hydrogen-bond donors (Lipinski definition) is 2. The van der Waals surface area contributed by atoms with Gasteiger partial charge in [0.1, 0.15) is 23.5 Å². The molecule has 0 radical (unpaired) electrons. The predicted molar refractivity (Wildman–Crippen MR) is 109 cm³/mol. The highest BCUT2D eigenvalue weighted by Crippen LogP contribution is 2.21. The maximum Gasteiger partial charge on any atom is 0.266 e. The van der Waals surface area contributed by atoms with Gasteiger partial charge in [0, 0.05) is 31.6 Å². The smallest absolute Gasteiger partial charge is 0.266 e. The Hall–Kier alpha value is -3.66. The third-order valence-electron chi connectivity index (χ3n) is 5.08. The Labute approximate surface area is 169 Å². The van der Waals surface area contributed by atoms with E-state index in [9.17, 15) is 14.9 Å². The number of H-pyrrole nitrogens is 1. The Bertz CT molecular complexity index is 1120. The molecule has 0 saturated carbocycles. The lowest BCUT2D eigenvalue weighted by Gasteiger charge is -2.19. The minimum absolute atomic E-state index is 0.0983. The van der Waals surface area contributed by atoms with Gasteiger partial charge in [-0.2, -0.15) is 5.26 Å². The first-order valence-electron chi connectivity index (χ1n) is 9.36. The summed E-state index contributed by atoms with van der Waals surface area (Å²) in [6.07, 6.45) is 4.20. The van der Waals surface area contributed by atoms with Gasteiger partial charge in [0.05, 0.1) is 0 Å². The van der Waals surface area contributed by atoms with Crippen LogP contribution in [0.25, 0.3) is 0 Å². The molecule has 2 N–H and O–H groups in total. The topological polar surface area (TPSA) is 104 Å². The predicted octanol–water partition coefficient (Wildman–Crippen LogP) is 2.44. The number of benzene rings is 1. The summed E-state index contributed by atoms with van der Waals surface area (Å²) in [5.74, 6) is 0.609. The van der Waals surface area contributed by atoms with Gasteiger partial charge in [0.15, 0.2) is 0 Å². The molecular formula is C22H23N5O2. The van der Waals surface area contributed by atoms with Crippen molar-refractivity contribution >= 4 is 5.91 Å². The number of aryl methyl sites for hydroxylation is 2. The van der Waals surface area contributed by atoms with E-state index in [1.165, 1.54) is 0 Å². The van der Waals surface area contributed by atoms with Gasteiger partial charge in [0.2, 0.25) is 5.91 Å². The molecule has 0 spiro atoms. The fraction of sp³-hybridized carbons (Fsp3) is 0.273. The first kappa shape index (κ1) is 20.1. The van der Waals surface area contributed by atoms with Gasteiger partial charge in [0.25, 0.3) is 5.56 Å². The normalized spacial score (nSPS) is 11.7. The number of carbonyl (C=O) groups excluding carboxylic acids is 1. The van der Waals surface area contributed by atoms with Crippen molar-refractivity contribution in [3.05, 3.63) is 86.9 Å². The second-order valence-electron chi connectivity index (χ2n) is 6.98. The fourth-order valence-corrected chi connectivity index (χ4v) is 3.49. The number of rotatable bonds is 6. The van der Waals surface area contributed by atoms with Crippen molar-refractivity contribution < 1.29 is 4.79 Å². The summed E-state index contributed by atoms with van der Waals surface area (Å²) in [7, 11) is 1.89. The molecule has 2 heterocycles. The zero-order valence-corrected chi connectivity index (χ0v) is 16.7. The third-order valence-corrected chi connectivity index (χ3v) is 5.08. The van der Waals surface area contributed by atoms with Gasteiger partial charge in [-0.05, 0) is 37.0 Å². The molecule has 7 nitrogen and oxygen atoms in total. The summed E-state index contributed by atoms with van der Waals surface area (Å²) in [4.78, 5) is 31.7. The van der Waals surface area contributed by atoms with Gasteiger partial charge >= 0.3 is 0 Å². The van der Waals surface area contributed by atoms with Crippen LogP contribution in [0.5, 0.6) is 0 Å². The molecule has 7 heteroatoms. The fourth-order valence-electron chi connectivity index (χ4n) is 3.49. The van der Waals surface area contributed by atoms with Crippen LogP contribution in [0.1, 0.15) is 46.2 Å². The van der Waals surface area contributed by atoms with Gasteiger partial charge in [-0.1, -0.05) is 30.3 Å². The molecule has 0 aliphatic carbocycles. The van der Waals surface area contributed by atoms with Crippen molar-refractivity contribution in [2.75, 3.05) is 0 Å². The number of aromatic amines is 1. The lowest BCUT2D eigenvalue weighted by atomic mass is 9.98. The number of hydrogen-bond acceptors (Lipinski definition) is 4. The Morgan fingerprint density at radius 3 is 2.66 bits per heavy atom. The second kappa shape index (κ2) is 8.57. The zero-order chi connectivity index (χ0) is 21.0. The lowest BCUT2D eigenvalue weighted by Crippen LogP contribution is -2.31. The molecule has 2 aromatic heterocycles. The molecule has 0 fully saturated rings. The molecule has 1 atom stereocenters. The minimum atomic E-state index is -0.394. The van der Waals surface area contributed by atoms with Crippen LogP contribution >= 0.6 is 0 Å². The van der Waals surface area contributed by atoms with Crippen LogP contribution in [-0.2, 0) is 18.3 Å². The van der Waals surface area contributed by atoms with Gasteiger partial charge < -0.3 is 14.9 Å². The Morgan fingerprint density at radius 1 is 1.31 bits per heavy atom. The van der Waals surface area contributed by atoms with Crippen LogP contribution in [0.4, 0.5) is 0 Å². The SMILES string of the molecule is Cc1[nH]c(=O)c(C#N)c(C)c1CCC(=O)N[C@H](c1ccccc1)c1nccn1C. The monoisotopic (exact) mass is 389 g/mol. The van der Waals surface area contributed by atoms with Gasteiger partial charge in [-0.3, -0.25) is 9.59 Å². The number of amides is 1. The molecule has 0 aliphatic heterocycles. The van der Waals surface area contributed by atoms with Crippen molar-refractivity contribution in [3.63, 3.8) is 0 Å². The van der Waals surface area contributed by atoms with Gasteiger partial charge in [-0.25, -0.2) is 4.98 Å². The second-order valence-corrected chi connectivity index (χ2v) is 6.98. The molecule has 29 heavy (non-hydrogen) atoms. The van der Waals surface area contributed by atoms with E-state index < -0.39 is 5.56 Å². The number of nitrogens with one attached hydrogen (secondary N) is 2. The number of pyridine rings is 1. The largest absolute Gasteiger partial charge is 0.342 e. The first-order chi connectivity index (χ1) is 13.9. The first-order valence-corrected chi connectivity index (χ1v) is 9.36. The maximum absolute atomic E-state index is 12.8. The molecule has 3 aromatic rings. The van der Waals surface area contributed by atoms with Crippen molar-refractivity contribution in [2.24, 2.45) is 7.05 Å². The summed E-state index contributed by atoms with van der Waals surface area (Å²) in [6.45, 7) is 3.53. The van der Waals surface area contributed by atoms with E-state index in [2.05, 4.69) is 15.3 Å². The van der Waals surface area contributed by atoms with Crippen LogP contribution in [0.3, 0.4) is 0 Å². The number of nitriles is 1.